The van der Waals surface area contributed by atoms with Crippen molar-refractivity contribution in [3.8, 4) is 0 Å². The summed E-state index contributed by atoms with van der Waals surface area (Å²) in [6.45, 7) is 4.89. The molecule has 0 fully saturated rings. The van der Waals surface area contributed by atoms with Crippen LogP contribution in [0.15, 0.2) is 24.3 Å². The molecule has 0 saturated heterocycles. The van der Waals surface area contributed by atoms with Gasteiger partial charge in [0.25, 0.3) is 0 Å². The average molecular weight is 210 g/mol. The highest BCUT2D eigenvalue weighted by molar-refractivity contribution is 6.61. The zero-order valence-electron chi connectivity index (χ0n) is 9.12. The lowest BCUT2D eigenvalue weighted by atomic mass is 10.2. The number of benzene rings is 1. The van der Waals surface area contributed by atoms with Gasteiger partial charge in [0.15, 0.2) is 0 Å². The Kier molecular flexibility index (Phi) is 4.86. The first kappa shape index (κ1) is 11.4. The molecule has 0 radical (unpaired) electrons. The van der Waals surface area contributed by atoms with Crippen LogP contribution in [0.2, 0.25) is 0 Å². The van der Waals surface area contributed by atoms with Gasteiger partial charge < -0.3 is 8.85 Å². The van der Waals surface area contributed by atoms with E-state index in [1.807, 2.05) is 13.0 Å². The van der Waals surface area contributed by atoms with E-state index in [-0.39, 0.29) is 0 Å². The molecule has 2 nitrogen and oxygen atoms in total. The van der Waals surface area contributed by atoms with Crippen molar-refractivity contribution in [3.63, 3.8) is 0 Å². The average Bonchev–Trinajstić information content (AvgIpc) is 2.26. The van der Waals surface area contributed by atoms with Crippen LogP contribution < -0.4 is 5.19 Å². The van der Waals surface area contributed by atoms with E-state index in [1.54, 1.807) is 7.11 Å². The summed E-state index contributed by atoms with van der Waals surface area (Å²) in [6, 6.07) is 8.38. The Morgan fingerprint density at radius 3 is 2.50 bits per heavy atom. The van der Waals surface area contributed by atoms with E-state index in [0.29, 0.717) is 0 Å². The molecule has 14 heavy (non-hydrogen) atoms. The first-order valence-electron chi connectivity index (χ1n) is 5.05. The summed E-state index contributed by atoms with van der Waals surface area (Å²) in [7, 11) is 0.107. The molecule has 78 valence electrons. The van der Waals surface area contributed by atoms with E-state index in [4.69, 9.17) is 8.85 Å². The summed E-state index contributed by atoms with van der Waals surface area (Å²) in [5.41, 5.74) is 1.35. The Morgan fingerprint density at radius 1 is 1.21 bits per heavy atom. The minimum absolute atomic E-state index is 0.725. The second-order valence-corrected chi connectivity index (χ2v) is 5.17. The molecule has 0 N–H and O–H groups in total. The van der Waals surface area contributed by atoms with E-state index in [0.717, 1.165) is 13.0 Å². The molecule has 0 amide bonds. The van der Waals surface area contributed by atoms with Gasteiger partial charge in [0.1, 0.15) is 0 Å². The Hall–Kier alpha value is -0.643. The molecule has 1 atom stereocenters. The molecule has 1 aromatic rings. The maximum atomic E-state index is 5.64. The van der Waals surface area contributed by atoms with Crippen LogP contribution in [-0.2, 0) is 15.3 Å². The summed E-state index contributed by atoms with van der Waals surface area (Å²) in [6.07, 6.45) is 1.04. The molecule has 0 aromatic heterocycles. The Bertz CT molecular complexity index is 276. The zero-order valence-corrected chi connectivity index (χ0v) is 10.3. The number of hydrogen-bond acceptors (Lipinski definition) is 2. The lowest BCUT2D eigenvalue weighted by Crippen LogP contribution is -2.38. The fourth-order valence-electron chi connectivity index (χ4n) is 1.52. The van der Waals surface area contributed by atoms with Gasteiger partial charge in [0, 0.05) is 13.7 Å². The van der Waals surface area contributed by atoms with Gasteiger partial charge in [-0.1, -0.05) is 31.2 Å². The fraction of sp³-hybridized carbons (Fsp3) is 0.455. The van der Waals surface area contributed by atoms with Crippen molar-refractivity contribution < 1.29 is 8.85 Å². The molecular formula is C11H18O2Si. The van der Waals surface area contributed by atoms with Crippen LogP contribution in [0, 0.1) is 0 Å². The number of hydrogen-bond donors (Lipinski definition) is 0. The molecule has 0 aliphatic rings. The summed E-state index contributed by atoms with van der Waals surface area (Å²) < 4.78 is 11.1. The van der Waals surface area contributed by atoms with E-state index in [1.165, 1.54) is 10.8 Å². The topological polar surface area (TPSA) is 18.5 Å². The largest absolute Gasteiger partial charge is 0.397 e. The molecule has 0 aliphatic heterocycles. The SMILES string of the molecule is CCO[SiH](OC)c1ccccc1CC. The smallest absolute Gasteiger partial charge is 0.355 e. The fourth-order valence-corrected chi connectivity index (χ4v) is 3.27. The molecule has 1 aromatic carbocycles. The number of rotatable bonds is 5. The quantitative estimate of drug-likeness (QED) is 0.683. The lowest BCUT2D eigenvalue weighted by Gasteiger charge is -2.16. The maximum Gasteiger partial charge on any atom is 0.355 e. The standard InChI is InChI=1S/C11H18O2Si/c1-4-10-8-6-7-9-11(10)14(12-3)13-5-2/h6-9,14H,4-5H2,1-3H3. The Balaban J connectivity index is 2.90. The molecule has 0 heterocycles. The molecule has 0 bridgehead atoms. The van der Waals surface area contributed by atoms with E-state index in [9.17, 15) is 0 Å². The first-order chi connectivity index (χ1) is 6.83. The predicted octanol–water partition coefficient (Wildman–Crippen LogP) is 1.36. The summed E-state index contributed by atoms with van der Waals surface area (Å²) in [5.74, 6) is 0. The first-order valence-corrected chi connectivity index (χ1v) is 6.57. The lowest BCUT2D eigenvalue weighted by molar-refractivity contribution is 0.253. The van der Waals surface area contributed by atoms with Crippen LogP contribution >= 0.6 is 0 Å². The monoisotopic (exact) mass is 210 g/mol. The van der Waals surface area contributed by atoms with Gasteiger partial charge in [-0.15, -0.1) is 0 Å². The van der Waals surface area contributed by atoms with Crippen molar-refractivity contribution in [2.24, 2.45) is 0 Å². The predicted molar refractivity (Wildman–Crippen MR) is 61.2 cm³/mol. The third-order valence-electron chi connectivity index (χ3n) is 2.22. The molecular weight excluding hydrogens is 192 g/mol. The highest BCUT2D eigenvalue weighted by atomic mass is 28.3. The highest BCUT2D eigenvalue weighted by Gasteiger charge is 2.16. The van der Waals surface area contributed by atoms with Crippen molar-refractivity contribution in [2.75, 3.05) is 13.7 Å². The van der Waals surface area contributed by atoms with Crippen LogP contribution in [0.3, 0.4) is 0 Å². The van der Waals surface area contributed by atoms with Crippen LogP contribution in [0.25, 0.3) is 0 Å². The molecule has 0 saturated carbocycles. The molecule has 1 unspecified atom stereocenters. The van der Waals surface area contributed by atoms with E-state index < -0.39 is 9.28 Å². The van der Waals surface area contributed by atoms with Gasteiger partial charge in [0.2, 0.25) is 0 Å². The van der Waals surface area contributed by atoms with Crippen molar-refractivity contribution in [1.29, 1.82) is 0 Å². The molecule has 0 spiro atoms. The maximum absolute atomic E-state index is 5.64. The van der Waals surface area contributed by atoms with Crippen molar-refractivity contribution in [3.05, 3.63) is 29.8 Å². The second kappa shape index (κ2) is 5.96. The minimum Gasteiger partial charge on any atom is -0.397 e. The molecule has 3 heteroatoms. The third kappa shape index (κ3) is 2.67. The zero-order chi connectivity index (χ0) is 10.4. The van der Waals surface area contributed by atoms with Crippen LogP contribution in [0.4, 0.5) is 0 Å². The summed E-state index contributed by atoms with van der Waals surface area (Å²) >= 11 is 0. The van der Waals surface area contributed by atoms with Crippen molar-refractivity contribution >= 4 is 14.5 Å². The number of aryl methyl sites for hydroxylation is 1. The van der Waals surface area contributed by atoms with Crippen LogP contribution in [0.5, 0.6) is 0 Å². The Morgan fingerprint density at radius 2 is 1.93 bits per heavy atom. The molecule has 1 rings (SSSR count). The van der Waals surface area contributed by atoms with E-state index >= 15 is 0 Å². The van der Waals surface area contributed by atoms with Crippen LogP contribution in [0.1, 0.15) is 19.4 Å². The van der Waals surface area contributed by atoms with Gasteiger partial charge >= 0.3 is 9.28 Å². The normalized spacial score (nSPS) is 12.8. The van der Waals surface area contributed by atoms with Gasteiger partial charge in [-0.3, -0.25) is 0 Å². The molecule has 0 aliphatic carbocycles. The van der Waals surface area contributed by atoms with Gasteiger partial charge in [0.05, 0.1) is 0 Å². The van der Waals surface area contributed by atoms with Crippen LogP contribution in [-0.4, -0.2) is 23.0 Å². The van der Waals surface area contributed by atoms with Gasteiger partial charge in [-0.05, 0) is 24.1 Å². The summed E-state index contributed by atoms with van der Waals surface area (Å²) in [4.78, 5) is 0. The van der Waals surface area contributed by atoms with E-state index in [2.05, 4.69) is 25.1 Å². The summed E-state index contributed by atoms with van der Waals surface area (Å²) in [5, 5.41) is 1.28. The van der Waals surface area contributed by atoms with Gasteiger partial charge in [-0.25, -0.2) is 0 Å². The van der Waals surface area contributed by atoms with Gasteiger partial charge in [-0.2, -0.15) is 0 Å². The highest BCUT2D eigenvalue weighted by Crippen LogP contribution is 2.00. The van der Waals surface area contributed by atoms with Crippen molar-refractivity contribution in [1.82, 2.24) is 0 Å². The Labute approximate surface area is 87.7 Å². The second-order valence-electron chi connectivity index (χ2n) is 3.08. The third-order valence-corrected chi connectivity index (χ3v) is 4.36. The minimum atomic E-state index is -1.63. The van der Waals surface area contributed by atoms with Crippen molar-refractivity contribution in [2.45, 2.75) is 20.3 Å².